The molecule has 0 aliphatic carbocycles. The van der Waals surface area contributed by atoms with Crippen LogP contribution in [-0.2, 0) is 29.1 Å². The van der Waals surface area contributed by atoms with Crippen molar-refractivity contribution in [2.45, 2.75) is 43.7 Å². The number of carbonyl (C=O) groups excluding carboxylic acids is 3. The van der Waals surface area contributed by atoms with Gasteiger partial charge in [0.15, 0.2) is 6.61 Å². The number of benzene rings is 1. The number of carbonyl (C=O) groups is 3. The molecule has 1 aliphatic heterocycles. The first kappa shape index (κ1) is 25.4. The number of rotatable bonds is 9. The summed E-state index contributed by atoms with van der Waals surface area (Å²) >= 11 is 0. The molecule has 0 bridgehead atoms. The van der Waals surface area contributed by atoms with E-state index in [4.69, 9.17) is 14.2 Å². The molecule has 0 spiro atoms. The van der Waals surface area contributed by atoms with E-state index in [1.54, 1.807) is 11.8 Å². The van der Waals surface area contributed by atoms with Crippen LogP contribution in [0, 0.1) is 0 Å². The molecule has 2 N–H and O–H groups in total. The summed E-state index contributed by atoms with van der Waals surface area (Å²) in [4.78, 5) is 37.4. The zero-order valence-electron chi connectivity index (χ0n) is 18.3. The van der Waals surface area contributed by atoms with Gasteiger partial charge in [0.2, 0.25) is 10.0 Å². The van der Waals surface area contributed by atoms with Gasteiger partial charge in [-0.3, -0.25) is 9.59 Å². The summed E-state index contributed by atoms with van der Waals surface area (Å²) in [5.74, 6) is -0.887. The van der Waals surface area contributed by atoms with Gasteiger partial charge in [-0.05, 0) is 51.0 Å². The zero-order chi connectivity index (χ0) is 23.7. The fraction of sp³-hybridized carbons (Fsp3) is 0.550. The molecule has 2 amide bonds. The molecule has 12 heteroatoms. The van der Waals surface area contributed by atoms with E-state index in [9.17, 15) is 22.8 Å². The van der Waals surface area contributed by atoms with Crippen molar-refractivity contribution in [2.24, 2.45) is 0 Å². The Hall–Kier alpha value is -2.86. The largest absolute Gasteiger partial charge is 0.497 e. The molecule has 0 saturated carbocycles. The highest BCUT2D eigenvalue weighted by molar-refractivity contribution is 7.89. The van der Waals surface area contributed by atoms with Crippen LogP contribution in [0.4, 0.5) is 4.79 Å². The third-order valence-corrected chi connectivity index (χ3v) is 6.34. The number of ether oxygens (including phenoxy) is 3. The predicted molar refractivity (Wildman–Crippen MR) is 113 cm³/mol. The van der Waals surface area contributed by atoms with Crippen molar-refractivity contribution in [3.63, 3.8) is 0 Å². The van der Waals surface area contributed by atoms with Crippen LogP contribution in [0.15, 0.2) is 29.2 Å². The van der Waals surface area contributed by atoms with E-state index >= 15 is 0 Å². The SMILES string of the molecule is CCOC(=O)N1CCC(NC(=O)COC(=O)[C@H](C)NS(=O)(=O)c2ccc(OC)cc2)CC1. The van der Waals surface area contributed by atoms with Gasteiger partial charge in [-0.25, -0.2) is 13.2 Å². The van der Waals surface area contributed by atoms with Crippen molar-refractivity contribution in [1.82, 2.24) is 14.9 Å². The number of amides is 2. The van der Waals surface area contributed by atoms with Crippen molar-refractivity contribution < 1.29 is 37.0 Å². The second-order valence-electron chi connectivity index (χ2n) is 7.15. The minimum Gasteiger partial charge on any atom is -0.497 e. The lowest BCUT2D eigenvalue weighted by Crippen LogP contribution is -2.48. The molecule has 1 aliphatic rings. The number of piperidine rings is 1. The van der Waals surface area contributed by atoms with Crippen molar-refractivity contribution in [1.29, 1.82) is 0 Å². The van der Waals surface area contributed by atoms with E-state index in [0.29, 0.717) is 38.3 Å². The molecular formula is C20H29N3O8S. The maximum Gasteiger partial charge on any atom is 0.409 e. The normalized spacial score (nSPS) is 15.5. The highest BCUT2D eigenvalue weighted by Gasteiger charge is 2.26. The Morgan fingerprint density at radius 2 is 1.75 bits per heavy atom. The predicted octanol–water partition coefficient (Wildman–Crippen LogP) is 0.642. The summed E-state index contributed by atoms with van der Waals surface area (Å²) in [7, 11) is -2.50. The van der Waals surface area contributed by atoms with Gasteiger partial charge in [0.25, 0.3) is 5.91 Å². The minimum atomic E-state index is -3.96. The lowest BCUT2D eigenvalue weighted by molar-refractivity contribution is -0.150. The molecule has 32 heavy (non-hydrogen) atoms. The minimum absolute atomic E-state index is 0.0372. The summed E-state index contributed by atoms with van der Waals surface area (Å²) < 4.78 is 41.9. The maximum atomic E-state index is 12.4. The zero-order valence-corrected chi connectivity index (χ0v) is 19.1. The molecule has 0 radical (unpaired) electrons. The Labute approximate surface area is 187 Å². The average molecular weight is 472 g/mol. The van der Waals surface area contributed by atoms with Gasteiger partial charge >= 0.3 is 12.1 Å². The smallest absolute Gasteiger partial charge is 0.409 e. The van der Waals surface area contributed by atoms with Gasteiger partial charge < -0.3 is 24.4 Å². The van der Waals surface area contributed by atoms with Gasteiger partial charge in [0.1, 0.15) is 11.8 Å². The van der Waals surface area contributed by atoms with Crippen molar-refractivity contribution in [3.8, 4) is 5.75 Å². The number of nitrogens with zero attached hydrogens (tertiary/aromatic N) is 1. The van der Waals surface area contributed by atoms with Crippen LogP contribution in [0.2, 0.25) is 0 Å². The summed E-state index contributed by atoms with van der Waals surface area (Å²) in [6.07, 6.45) is 0.727. The van der Waals surface area contributed by atoms with Crippen LogP contribution in [0.3, 0.4) is 0 Å². The number of sulfonamides is 1. The van der Waals surface area contributed by atoms with Crippen LogP contribution in [0.1, 0.15) is 26.7 Å². The van der Waals surface area contributed by atoms with E-state index in [0.717, 1.165) is 0 Å². The van der Waals surface area contributed by atoms with Gasteiger partial charge in [0.05, 0.1) is 18.6 Å². The van der Waals surface area contributed by atoms with E-state index < -0.39 is 34.5 Å². The molecule has 1 heterocycles. The molecular weight excluding hydrogens is 442 g/mol. The first-order valence-corrected chi connectivity index (χ1v) is 11.7. The van der Waals surface area contributed by atoms with Crippen LogP contribution in [0.5, 0.6) is 5.75 Å². The molecule has 1 saturated heterocycles. The fourth-order valence-corrected chi connectivity index (χ4v) is 4.25. The molecule has 2 rings (SSSR count). The second kappa shape index (κ2) is 11.7. The summed E-state index contributed by atoms with van der Waals surface area (Å²) in [6, 6.07) is 4.32. The van der Waals surface area contributed by atoms with Crippen molar-refractivity contribution in [3.05, 3.63) is 24.3 Å². The number of nitrogens with one attached hydrogen (secondary N) is 2. The highest BCUT2D eigenvalue weighted by atomic mass is 32.2. The number of methoxy groups -OCH3 is 1. The first-order valence-electron chi connectivity index (χ1n) is 10.2. The van der Waals surface area contributed by atoms with Crippen LogP contribution in [-0.4, -0.2) is 76.8 Å². The number of hydrogen-bond acceptors (Lipinski definition) is 8. The molecule has 178 valence electrons. The first-order chi connectivity index (χ1) is 15.2. The Balaban J connectivity index is 1.75. The molecule has 1 aromatic rings. The maximum absolute atomic E-state index is 12.4. The lowest BCUT2D eigenvalue weighted by Gasteiger charge is -2.31. The quantitative estimate of drug-likeness (QED) is 0.500. The molecule has 0 aromatic heterocycles. The van der Waals surface area contributed by atoms with E-state index in [2.05, 4.69) is 10.0 Å². The summed E-state index contributed by atoms with van der Waals surface area (Å²) in [5, 5.41) is 2.74. The van der Waals surface area contributed by atoms with Crippen molar-refractivity contribution >= 4 is 28.0 Å². The second-order valence-corrected chi connectivity index (χ2v) is 8.87. The standard InChI is InChI=1S/C20H29N3O8S/c1-4-30-20(26)23-11-9-15(10-12-23)21-18(24)13-31-19(25)14(2)22-32(27,28)17-7-5-16(29-3)6-8-17/h5-8,14-15,22H,4,9-13H2,1-3H3,(H,21,24)/t14-/m0/s1. The third-order valence-electron chi connectivity index (χ3n) is 4.79. The van der Waals surface area contributed by atoms with E-state index in [1.807, 2.05) is 0 Å². The average Bonchev–Trinajstić information content (AvgIpc) is 2.77. The number of hydrogen-bond donors (Lipinski definition) is 2. The van der Waals surface area contributed by atoms with Gasteiger partial charge in [-0.2, -0.15) is 4.72 Å². The number of esters is 1. The Bertz CT molecular complexity index is 896. The van der Waals surface area contributed by atoms with E-state index in [-0.39, 0.29) is 17.0 Å². The fourth-order valence-electron chi connectivity index (χ4n) is 3.06. The molecule has 0 unspecified atom stereocenters. The Kier molecular flexibility index (Phi) is 9.27. The van der Waals surface area contributed by atoms with Crippen LogP contribution < -0.4 is 14.8 Å². The van der Waals surface area contributed by atoms with Crippen molar-refractivity contribution in [2.75, 3.05) is 33.4 Å². The Morgan fingerprint density at radius 3 is 2.31 bits per heavy atom. The third kappa shape index (κ3) is 7.38. The van der Waals surface area contributed by atoms with Gasteiger partial charge in [0, 0.05) is 19.1 Å². The highest BCUT2D eigenvalue weighted by Crippen LogP contribution is 2.16. The molecule has 11 nitrogen and oxygen atoms in total. The van der Waals surface area contributed by atoms with Crippen LogP contribution >= 0.6 is 0 Å². The summed E-state index contributed by atoms with van der Waals surface area (Å²) in [6.45, 7) is 3.73. The van der Waals surface area contributed by atoms with E-state index in [1.165, 1.54) is 38.3 Å². The van der Waals surface area contributed by atoms with Crippen LogP contribution in [0.25, 0.3) is 0 Å². The molecule has 1 fully saturated rings. The monoisotopic (exact) mass is 471 g/mol. The van der Waals surface area contributed by atoms with Gasteiger partial charge in [-0.15, -0.1) is 0 Å². The molecule has 1 atom stereocenters. The summed E-state index contributed by atoms with van der Waals surface area (Å²) in [5.41, 5.74) is 0. The topological polar surface area (TPSA) is 140 Å². The number of likely N-dealkylation sites (tertiary alicyclic amines) is 1. The lowest BCUT2D eigenvalue weighted by atomic mass is 10.1. The van der Waals surface area contributed by atoms with Gasteiger partial charge in [-0.1, -0.05) is 0 Å². The Morgan fingerprint density at radius 1 is 1.12 bits per heavy atom. The molecule has 1 aromatic carbocycles.